The molecule has 1 aromatic rings. The van der Waals surface area contributed by atoms with Gasteiger partial charge in [-0.1, -0.05) is 0 Å². The molecule has 1 aliphatic rings. The zero-order valence-corrected chi connectivity index (χ0v) is 8.74. The second-order valence-electron chi connectivity index (χ2n) is 2.86. The molecule has 0 unspecified atom stereocenters. The van der Waals surface area contributed by atoms with Crippen LogP contribution >= 0.6 is 27.3 Å². The molecule has 2 rings (SSSR count). The summed E-state index contributed by atoms with van der Waals surface area (Å²) in [6, 6.07) is 2.27. The van der Waals surface area contributed by atoms with Gasteiger partial charge in [-0.3, -0.25) is 4.79 Å². The van der Waals surface area contributed by atoms with Crippen molar-refractivity contribution in [3.63, 3.8) is 0 Å². The van der Waals surface area contributed by atoms with Crippen LogP contribution in [0.5, 0.6) is 0 Å². The van der Waals surface area contributed by atoms with E-state index < -0.39 is 0 Å². The van der Waals surface area contributed by atoms with Crippen LogP contribution in [0, 0.1) is 0 Å². The molecule has 1 aliphatic carbocycles. The molecule has 1 aromatic heterocycles. The molecule has 1 amide bonds. The number of carbonyl (C=O) groups excluding carboxylic acids is 1. The van der Waals surface area contributed by atoms with Crippen LogP contribution in [0.1, 0.15) is 23.2 Å². The van der Waals surface area contributed by atoms with Crippen molar-refractivity contribution in [3.8, 4) is 0 Å². The zero-order chi connectivity index (χ0) is 8.55. The molecule has 0 radical (unpaired) electrons. The van der Waals surface area contributed by atoms with Crippen LogP contribution < -0.4 is 5.32 Å². The number of nitrogens with one attached hydrogen (secondary N) is 1. The van der Waals surface area contributed by atoms with Crippen molar-refractivity contribution in [1.82, 2.24) is 5.32 Å². The second kappa shape index (κ2) is 3.18. The van der Waals surface area contributed by atoms with Gasteiger partial charge in [0.25, 0.3) is 5.91 Å². The van der Waals surface area contributed by atoms with Crippen molar-refractivity contribution in [2.24, 2.45) is 0 Å². The van der Waals surface area contributed by atoms with E-state index in [9.17, 15) is 4.79 Å². The van der Waals surface area contributed by atoms with Crippen molar-refractivity contribution >= 4 is 33.2 Å². The highest BCUT2D eigenvalue weighted by molar-refractivity contribution is 9.11. The summed E-state index contributed by atoms with van der Waals surface area (Å²) in [6.07, 6.45) is 2.26. The Bertz CT molecular complexity index is 306. The largest absolute Gasteiger partial charge is 0.349 e. The first-order valence-electron chi connectivity index (χ1n) is 3.81. The van der Waals surface area contributed by atoms with Crippen LogP contribution in [0.3, 0.4) is 0 Å². The smallest absolute Gasteiger partial charge is 0.253 e. The van der Waals surface area contributed by atoms with Crippen LogP contribution in [-0.2, 0) is 0 Å². The van der Waals surface area contributed by atoms with E-state index in [1.54, 1.807) is 0 Å². The average molecular weight is 246 g/mol. The van der Waals surface area contributed by atoms with Crippen LogP contribution in [0.2, 0.25) is 0 Å². The molecule has 12 heavy (non-hydrogen) atoms. The second-order valence-corrected chi connectivity index (χ2v) is 5.09. The van der Waals surface area contributed by atoms with Crippen molar-refractivity contribution in [3.05, 3.63) is 20.8 Å². The number of carbonyl (C=O) groups is 1. The summed E-state index contributed by atoms with van der Waals surface area (Å²) in [5.74, 6) is 0.0469. The molecule has 0 aliphatic heterocycles. The standard InChI is InChI=1S/C8H8BrNOS/c9-7-6(3-4-12-7)8(11)10-5-1-2-5/h3-5H,1-2H2,(H,10,11). The summed E-state index contributed by atoms with van der Waals surface area (Å²) < 4.78 is 0.917. The molecule has 0 bridgehead atoms. The molecule has 1 N–H and O–H groups in total. The number of thiophene rings is 1. The Balaban J connectivity index is 2.07. The maximum absolute atomic E-state index is 11.4. The normalized spacial score (nSPS) is 16.1. The van der Waals surface area contributed by atoms with E-state index in [1.165, 1.54) is 11.3 Å². The third-order valence-corrected chi connectivity index (χ3v) is 3.46. The fourth-order valence-corrected chi connectivity index (χ4v) is 2.19. The van der Waals surface area contributed by atoms with Crippen molar-refractivity contribution < 1.29 is 4.79 Å². The molecule has 64 valence electrons. The zero-order valence-electron chi connectivity index (χ0n) is 6.34. The minimum absolute atomic E-state index is 0.0469. The van der Waals surface area contributed by atoms with Gasteiger partial charge in [0.1, 0.15) is 0 Å². The molecule has 0 saturated heterocycles. The number of halogens is 1. The summed E-state index contributed by atoms with van der Waals surface area (Å²) in [5, 5.41) is 4.84. The fourth-order valence-electron chi connectivity index (χ4n) is 0.947. The van der Waals surface area contributed by atoms with Gasteiger partial charge in [0.15, 0.2) is 0 Å². The van der Waals surface area contributed by atoms with Crippen LogP contribution in [-0.4, -0.2) is 11.9 Å². The Kier molecular flexibility index (Phi) is 2.19. The van der Waals surface area contributed by atoms with E-state index in [4.69, 9.17) is 0 Å². The fraction of sp³-hybridized carbons (Fsp3) is 0.375. The van der Waals surface area contributed by atoms with E-state index in [-0.39, 0.29) is 5.91 Å². The average Bonchev–Trinajstić information content (AvgIpc) is 2.72. The van der Waals surface area contributed by atoms with Crippen molar-refractivity contribution in [1.29, 1.82) is 0 Å². The van der Waals surface area contributed by atoms with E-state index in [0.29, 0.717) is 6.04 Å². The lowest BCUT2D eigenvalue weighted by molar-refractivity contribution is 0.0951. The lowest BCUT2D eigenvalue weighted by Gasteiger charge is -2.00. The summed E-state index contributed by atoms with van der Waals surface area (Å²) in [5.41, 5.74) is 0.756. The summed E-state index contributed by atoms with van der Waals surface area (Å²) >= 11 is 4.87. The van der Waals surface area contributed by atoms with Gasteiger partial charge in [-0.05, 0) is 40.2 Å². The number of hydrogen-bond acceptors (Lipinski definition) is 2. The van der Waals surface area contributed by atoms with Gasteiger partial charge in [-0.25, -0.2) is 0 Å². The first-order valence-corrected chi connectivity index (χ1v) is 5.48. The highest BCUT2D eigenvalue weighted by Crippen LogP contribution is 2.25. The SMILES string of the molecule is O=C(NC1CC1)c1ccsc1Br. The molecule has 1 fully saturated rings. The third-order valence-electron chi connectivity index (χ3n) is 1.78. The van der Waals surface area contributed by atoms with Crippen LogP contribution in [0.4, 0.5) is 0 Å². The van der Waals surface area contributed by atoms with Gasteiger partial charge in [-0.15, -0.1) is 11.3 Å². The highest BCUT2D eigenvalue weighted by Gasteiger charge is 2.24. The molecular formula is C8H8BrNOS. The Hall–Kier alpha value is -0.350. The van der Waals surface area contributed by atoms with Gasteiger partial charge >= 0.3 is 0 Å². The predicted molar refractivity (Wildman–Crippen MR) is 52.5 cm³/mol. The molecular weight excluding hydrogens is 238 g/mol. The lowest BCUT2D eigenvalue weighted by atomic mass is 10.3. The molecule has 0 aromatic carbocycles. The number of rotatable bonds is 2. The van der Waals surface area contributed by atoms with Gasteiger partial charge in [0.2, 0.25) is 0 Å². The topological polar surface area (TPSA) is 29.1 Å². The van der Waals surface area contributed by atoms with E-state index in [1.807, 2.05) is 11.4 Å². The quantitative estimate of drug-likeness (QED) is 0.852. The maximum Gasteiger partial charge on any atom is 0.253 e. The predicted octanol–water partition coefficient (Wildman–Crippen LogP) is 2.40. The molecule has 4 heteroatoms. The van der Waals surface area contributed by atoms with Crippen LogP contribution in [0.25, 0.3) is 0 Å². The molecule has 0 spiro atoms. The molecule has 2 nitrogen and oxygen atoms in total. The van der Waals surface area contributed by atoms with E-state index >= 15 is 0 Å². The Morgan fingerprint density at radius 2 is 2.42 bits per heavy atom. The van der Waals surface area contributed by atoms with E-state index in [2.05, 4.69) is 21.2 Å². The van der Waals surface area contributed by atoms with Gasteiger partial charge in [0.05, 0.1) is 9.35 Å². The summed E-state index contributed by atoms with van der Waals surface area (Å²) in [7, 11) is 0. The minimum atomic E-state index is 0.0469. The molecule has 1 heterocycles. The Labute approximate surface area is 83.1 Å². The Morgan fingerprint density at radius 3 is 2.92 bits per heavy atom. The van der Waals surface area contributed by atoms with Crippen molar-refractivity contribution in [2.45, 2.75) is 18.9 Å². The molecule has 0 atom stereocenters. The van der Waals surface area contributed by atoms with Crippen molar-refractivity contribution in [2.75, 3.05) is 0 Å². The lowest BCUT2D eigenvalue weighted by Crippen LogP contribution is -2.25. The third kappa shape index (κ3) is 1.69. The van der Waals surface area contributed by atoms with Gasteiger partial charge in [-0.2, -0.15) is 0 Å². The van der Waals surface area contributed by atoms with Gasteiger partial charge in [0, 0.05) is 6.04 Å². The summed E-state index contributed by atoms with van der Waals surface area (Å²) in [6.45, 7) is 0. The maximum atomic E-state index is 11.4. The Morgan fingerprint density at radius 1 is 1.67 bits per heavy atom. The first-order chi connectivity index (χ1) is 5.77. The number of hydrogen-bond donors (Lipinski definition) is 1. The molecule has 1 saturated carbocycles. The first kappa shape index (κ1) is 8.26. The monoisotopic (exact) mass is 245 g/mol. The van der Waals surface area contributed by atoms with Crippen LogP contribution in [0.15, 0.2) is 15.2 Å². The number of amides is 1. The van der Waals surface area contributed by atoms with Gasteiger partial charge < -0.3 is 5.32 Å². The van der Waals surface area contributed by atoms with E-state index in [0.717, 1.165) is 22.2 Å². The highest BCUT2D eigenvalue weighted by atomic mass is 79.9. The minimum Gasteiger partial charge on any atom is -0.349 e. The summed E-state index contributed by atoms with van der Waals surface area (Å²) in [4.78, 5) is 11.4.